The molecule has 0 saturated carbocycles. The Morgan fingerprint density at radius 2 is 1.58 bits per heavy atom. The standard InChI is InChI=1S/C14H29N3O2/c1-11(2)5-8-16-14(19)10-15-7-6-13(18)17-9-12(3)4/h11-12,15H,5-10H2,1-4H3,(H,16,19)(H,17,18). The summed E-state index contributed by atoms with van der Waals surface area (Å²) in [6.07, 6.45) is 1.40. The highest BCUT2D eigenvalue weighted by Crippen LogP contribution is 1.95. The Balaban J connectivity index is 3.42. The number of nitrogens with one attached hydrogen (secondary N) is 3. The number of hydrogen-bond donors (Lipinski definition) is 3. The first-order valence-corrected chi connectivity index (χ1v) is 7.16. The lowest BCUT2D eigenvalue weighted by atomic mass is 10.1. The minimum absolute atomic E-state index is 0.0109. The molecule has 5 heteroatoms. The van der Waals surface area contributed by atoms with Crippen LogP contribution >= 0.6 is 0 Å². The first-order valence-electron chi connectivity index (χ1n) is 7.16. The second kappa shape index (κ2) is 10.8. The van der Waals surface area contributed by atoms with Crippen molar-refractivity contribution in [3.63, 3.8) is 0 Å². The van der Waals surface area contributed by atoms with Crippen molar-refractivity contribution in [3.8, 4) is 0 Å². The minimum Gasteiger partial charge on any atom is -0.356 e. The van der Waals surface area contributed by atoms with E-state index in [4.69, 9.17) is 0 Å². The van der Waals surface area contributed by atoms with E-state index in [-0.39, 0.29) is 18.4 Å². The molecule has 2 amide bonds. The molecule has 112 valence electrons. The number of carbonyl (C=O) groups excluding carboxylic acids is 2. The molecule has 0 aromatic heterocycles. The van der Waals surface area contributed by atoms with Gasteiger partial charge in [-0.2, -0.15) is 0 Å². The molecule has 0 saturated heterocycles. The van der Waals surface area contributed by atoms with Gasteiger partial charge in [0.15, 0.2) is 0 Å². The Labute approximate surface area is 116 Å². The number of carbonyl (C=O) groups is 2. The van der Waals surface area contributed by atoms with Crippen molar-refractivity contribution in [2.24, 2.45) is 11.8 Å². The molecule has 0 aliphatic carbocycles. The predicted octanol–water partition coefficient (Wildman–Crippen LogP) is 0.901. The molecule has 0 heterocycles. The first kappa shape index (κ1) is 17.9. The molecule has 0 atom stereocenters. The van der Waals surface area contributed by atoms with Crippen LogP contribution in [0.15, 0.2) is 0 Å². The van der Waals surface area contributed by atoms with E-state index >= 15 is 0 Å². The lowest BCUT2D eigenvalue weighted by molar-refractivity contribution is -0.122. The Morgan fingerprint density at radius 1 is 0.895 bits per heavy atom. The van der Waals surface area contributed by atoms with E-state index in [1.165, 1.54) is 0 Å². The summed E-state index contributed by atoms with van der Waals surface area (Å²) >= 11 is 0. The summed E-state index contributed by atoms with van der Waals surface area (Å²) in [5, 5.41) is 8.65. The van der Waals surface area contributed by atoms with Crippen LogP contribution < -0.4 is 16.0 Å². The van der Waals surface area contributed by atoms with E-state index in [1.807, 2.05) is 0 Å². The molecule has 0 fully saturated rings. The molecule has 0 radical (unpaired) electrons. The molecule has 0 unspecified atom stereocenters. The maximum absolute atomic E-state index is 11.4. The maximum Gasteiger partial charge on any atom is 0.233 e. The van der Waals surface area contributed by atoms with E-state index in [0.717, 1.165) is 6.42 Å². The van der Waals surface area contributed by atoms with Gasteiger partial charge in [0.1, 0.15) is 0 Å². The van der Waals surface area contributed by atoms with Crippen molar-refractivity contribution in [2.75, 3.05) is 26.2 Å². The van der Waals surface area contributed by atoms with E-state index in [2.05, 4.69) is 43.6 Å². The van der Waals surface area contributed by atoms with Crippen molar-refractivity contribution in [2.45, 2.75) is 40.5 Å². The molecule has 0 aliphatic heterocycles. The topological polar surface area (TPSA) is 70.2 Å². The van der Waals surface area contributed by atoms with Gasteiger partial charge in [-0.25, -0.2) is 0 Å². The fourth-order valence-corrected chi connectivity index (χ4v) is 1.37. The van der Waals surface area contributed by atoms with Crippen molar-refractivity contribution >= 4 is 11.8 Å². The molecule has 0 aromatic rings. The fraction of sp³-hybridized carbons (Fsp3) is 0.857. The summed E-state index contributed by atoms with van der Waals surface area (Å²) in [5.41, 5.74) is 0. The van der Waals surface area contributed by atoms with E-state index in [0.29, 0.717) is 37.9 Å². The van der Waals surface area contributed by atoms with Crippen LogP contribution in [0.3, 0.4) is 0 Å². The normalized spacial score (nSPS) is 10.8. The van der Waals surface area contributed by atoms with E-state index in [1.54, 1.807) is 0 Å². The van der Waals surface area contributed by atoms with Gasteiger partial charge in [0.2, 0.25) is 11.8 Å². The maximum atomic E-state index is 11.4. The van der Waals surface area contributed by atoms with Crippen LogP contribution in [-0.4, -0.2) is 38.0 Å². The lowest BCUT2D eigenvalue weighted by Gasteiger charge is -2.09. The smallest absolute Gasteiger partial charge is 0.233 e. The highest BCUT2D eigenvalue weighted by molar-refractivity contribution is 5.78. The summed E-state index contributed by atoms with van der Waals surface area (Å²) in [5.74, 6) is 1.08. The Hall–Kier alpha value is -1.10. The molecule has 5 nitrogen and oxygen atoms in total. The number of hydrogen-bond acceptors (Lipinski definition) is 3. The third-order valence-electron chi connectivity index (χ3n) is 2.57. The van der Waals surface area contributed by atoms with Crippen molar-refractivity contribution in [3.05, 3.63) is 0 Å². The summed E-state index contributed by atoms with van der Waals surface area (Å²) in [6, 6.07) is 0. The zero-order chi connectivity index (χ0) is 14.7. The molecule has 0 rings (SSSR count). The minimum atomic E-state index is -0.0109. The van der Waals surface area contributed by atoms with Crippen LogP contribution in [0.5, 0.6) is 0 Å². The summed E-state index contributed by atoms with van der Waals surface area (Å²) in [7, 11) is 0. The molecule has 3 N–H and O–H groups in total. The highest BCUT2D eigenvalue weighted by atomic mass is 16.2. The van der Waals surface area contributed by atoms with Crippen LogP contribution in [0, 0.1) is 11.8 Å². The zero-order valence-electron chi connectivity index (χ0n) is 12.7. The number of amides is 2. The van der Waals surface area contributed by atoms with Crippen molar-refractivity contribution in [1.29, 1.82) is 0 Å². The SMILES string of the molecule is CC(C)CCNC(=O)CNCCC(=O)NCC(C)C. The van der Waals surface area contributed by atoms with Gasteiger partial charge >= 0.3 is 0 Å². The Kier molecular flexibility index (Phi) is 10.2. The van der Waals surface area contributed by atoms with Crippen LogP contribution in [0.2, 0.25) is 0 Å². The Morgan fingerprint density at radius 3 is 2.16 bits per heavy atom. The summed E-state index contributed by atoms with van der Waals surface area (Å²) in [4.78, 5) is 22.8. The zero-order valence-corrected chi connectivity index (χ0v) is 12.7. The molecular weight excluding hydrogens is 242 g/mol. The van der Waals surface area contributed by atoms with Gasteiger partial charge in [-0.05, 0) is 18.3 Å². The molecule has 19 heavy (non-hydrogen) atoms. The third kappa shape index (κ3) is 13.1. The van der Waals surface area contributed by atoms with E-state index in [9.17, 15) is 9.59 Å². The van der Waals surface area contributed by atoms with Gasteiger partial charge in [-0.3, -0.25) is 9.59 Å². The lowest BCUT2D eigenvalue weighted by Crippen LogP contribution is -2.36. The van der Waals surface area contributed by atoms with Gasteiger partial charge in [0.25, 0.3) is 0 Å². The Bertz CT molecular complexity index is 265. The van der Waals surface area contributed by atoms with Gasteiger partial charge < -0.3 is 16.0 Å². The molecule has 0 aromatic carbocycles. The average molecular weight is 271 g/mol. The largest absolute Gasteiger partial charge is 0.356 e. The van der Waals surface area contributed by atoms with Crippen LogP contribution in [0.25, 0.3) is 0 Å². The first-order chi connectivity index (χ1) is 8.91. The molecular formula is C14H29N3O2. The van der Waals surface area contributed by atoms with Gasteiger partial charge in [-0.1, -0.05) is 27.7 Å². The van der Waals surface area contributed by atoms with Crippen LogP contribution in [0.1, 0.15) is 40.5 Å². The monoisotopic (exact) mass is 271 g/mol. The second-order valence-corrected chi connectivity index (χ2v) is 5.66. The summed E-state index contributed by atoms with van der Waals surface area (Å²) in [6.45, 7) is 10.6. The van der Waals surface area contributed by atoms with Crippen molar-refractivity contribution < 1.29 is 9.59 Å². The van der Waals surface area contributed by atoms with E-state index < -0.39 is 0 Å². The van der Waals surface area contributed by atoms with Crippen LogP contribution in [0.4, 0.5) is 0 Å². The van der Waals surface area contributed by atoms with Crippen molar-refractivity contribution in [1.82, 2.24) is 16.0 Å². The predicted molar refractivity (Wildman–Crippen MR) is 77.8 cm³/mol. The van der Waals surface area contributed by atoms with Crippen LogP contribution in [-0.2, 0) is 9.59 Å². The molecule has 0 aliphatic rings. The second-order valence-electron chi connectivity index (χ2n) is 5.66. The molecule has 0 bridgehead atoms. The highest BCUT2D eigenvalue weighted by Gasteiger charge is 2.04. The summed E-state index contributed by atoms with van der Waals surface area (Å²) < 4.78 is 0. The third-order valence-corrected chi connectivity index (χ3v) is 2.57. The van der Waals surface area contributed by atoms with Gasteiger partial charge in [0, 0.05) is 26.1 Å². The fourth-order valence-electron chi connectivity index (χ4n) is 1.37. The molecule has 0 spiro atoms. The van der Waals surface area contributed by atoms with Gasteiger partial charge in [-0.15, -0.1) is 0 Å². The number of rotatable bonds is 10. The van der Waals surface area contributed by atoms with Gasteiger partial charge in [0.05, 0.1) is 6.54 Å². The quantitative estimate of drug-likeness (QED) is 0.517. The average Bonchev–Trinajstić information content (AvgIpc) is 2.31.